The number of halogens is 2. The number of ether oxygens (including phenoxy) is 6. The number of hydrogen-bond donors (Lipinski definition) is 2. The lowest BCUT2D eigenvalue weighted by atomic mass is 10.0. The molecular weight excluding hydrogens is 947 g/mol. The number of benzene rings is 4. The van der Waals surface area contributed by atoms with Crippen LogP contribution in [0, 0.1) is 5.82 Å². The van der Waals surface area contributed by atoms with E-state index in [1.807, 2.05) is 50.2 Å². The number of carbonyl (C=O) groups excluding carboxylic acids is 3. The monoisotopic (exact) mass is 1000 g/mol. The van der Waals surface area contributed by atoms with Crippen LogP contribution in [0.2, 0.25) is 5.15 Å². The predicted molar refractivity (Wildman–Crippen MR) is 271 cm³/mol. The van der Waals surface area contributed by atoms with Crippen molar-refractivity contribution in [1.82, 2.24) is 9.97 Å². The smallest absolute Gasteiger partial charge is 0.181 e. The first-order valence-corrected chi connectivity index (χ1v) is 23.8. The fraction of sp³-hybridized carbons (Fsp3) is 0.304. The second kappa shape index (κ2) is 26.9. The zero-order valence-electron chi connectivity index (χ0n) is 40.9. The molecule has 7 aromatic rings. The number of carbonyl (C=O) groups is 3. The number of furan rings is 1. The Labute approximate surface area is 422 Å². The molecule has 14 nitrogen and oxygen atoms in total. The lowest BCUT2D eigenvalue weighted by Crippen LogP contribution is -2.09. The molecule has 2 N–H and O–H groups in total. The molecule has 1 atom stereocenters. The van der Waals surface area contributed by atoms with Crippen molar-refractivity contribution in [2.75, 3.05) is 47.8 Å². The molecule has 7 rings (SSSR count). The number of hydrogen-bond acceptors (Lipinski definition) is 14. The third-order valence-corrected chi connectivity index (χ3v) is 11.7. The van der Waals surface area contributed by atoms with E-state index in [9.17, 15) is 23.9 Å². The number of Topliss-reactive ketones (excluding diaryl/α,β-unsaturated/α-hetero) is 3. The molecule has 0 saturated carbocycles. The topological polar surface area (TPSA) is 186 Å². The van der Waals surface area contributed by atoms with Crippen LogP contribution in [0.5, 0.6) is 28.7 Å². The zero-order valence-corrected chi connectivity index (χ0v) is 41.6. The van der Waals surface area contributed by atoms with Crippen LogP contribution < -0.4 is 23.7 Å². The van der Waals surface area contributed by atoms with Crippen molar-refractivity contribution in [3.63, 3.8) is 0 Å². The number of aliphatic hydroxyl groups is 2. The minimum Gasteiger partial charge on any atom is -0.497 e. The second-order valence-corrected chi connectivity index (χ2v) is 16.7. The molecule has 0 aliphatic carbocycles. The molecule has 0 aliphatic heterocycles. The summed E-state index contributed by atoms with van der Waals surface area (Å²) in [6.45, 7) is 5.12. The van der Waals surface area contributed by atoms with E-state index in [2.05, 4.69) is 9.97 Å². The van der Waals surface area contributed by atoms with Crippen LogP contribution in [0.4, 0.5) is 4.39 Å². The third kappa shape index (κ3) is 14.7. The highest BCUT2D eigenvalue weighted by Gasteiger charge is 2.20. The number of para-hydroxylation sites is 1. The van der Waals surface area contributed by atoms with Gasteiger partial charge in [-0.15, -0.1) is 0 Å². The molecule has 0 amide bonds. The van der Waals surface area contributed by atoms with Crippen molar-refractivity contribution in [2.24, 2.45) is 0 Å². The van der Waals surface area contributed by atoms with E-state index in [0.717, 1.165) is 28.9 Å². The van der Waals surface area contributed by atoms with E-state index in [1.54, 1.807) is 67.8 Å². The van der Waals surface area contributed by atoms with Crippen LogP contribution in [0.15, 0.2) is 114 Å². The Morgan fingerprint density at radius 2 is 1.32 bits per heavy atom. The van der Waals surface area contributed by atoms with Gasteiger partial charge in [0.2, 0.25) is 0 Å². The minimum atomic E-state index is -0.875. The zero-order chi connectivity index (χ0) is 51.6. The van der Waals surface area contributed by atoms with Gasteiger partial charge in [0, 0.05) is 41.3 Å². The number of aryl methyl sites for hydroxylation is 2. The van der Waals surface area contributed by atoms with Gasteiger partial charge in [-0.25, -0.2) is 14.4 Å². The molecule has 0 spiro atoms. The number of rotatable bonds is 25. The average Bonchev–Trinajstić information content (AvgIpc) is 3.86. The van der Waals surface area contributed by atoms with E-state index >= 15 is 0 Å². The van der Waals surface area contributed by atoms with Crippen molar-refractivity contribution >= 4 is 39.9 Å². The first-order chi connectivity index (χ1) is 34.9. The number of pyridine rings is 2. The highest BCUT2D eigenvalue weighted by Crippen LogP contribution is 2.33. The largest absolute Gasteiger partial charge is 0.497 e. The normalized spacial score (nSPS) is 11.3. The van der Waals surface area contributed by atoms with E-state index in [-0.39, 0.29) is 67.5 Å². The molecule has 0 saturated heterocycles. The van der Waals surface area contributed by atoms with Crippen LogP contribution in [0.3, 0.4) is 0 Å². The molecule has 0 fully saturated rings. The van der Waals surface area contributed by atoms with Gasteiger partial charge in [0.15, 0.2) is 51.7 Å². The molecule has 1 unspecified atom stereocenters. The number of ketones is 3. The Morgan fingerprint density at radius 3 is 1.96 bits per heavy atom. The molecule has 72 heavy (non-hydrogen) atoms. The van der Waals surface area contributed by atoms with Crippen molar-refractivity contribution < 1.29 is 61.8 Å². The molecule has 0 radical (unpaired) electrons. The van der Waals surface area contributed by atoms with Crippen LogP contribution in [0.1, 0.15) is 99.2 Å². The average molecular weight is 1010 g/mol. The molecule has 16 heteroatoms. The third-order valence-electron chi connectivity index (χ3n) is 11.5. The van der Waals surface area contributed by atoms with E-state index < -0.39 is 11.9 Å². The molecular formula is C56H58ClFN2O12. The summed E-state index contributed by atoms with van der Waals surface area (Å²) < 4.78 is 52.2. The Balaban J connectivity index is 0.000000235. The Morgan fingerprint density at radius 1 is 0.681 bits per heavy atom. The number of aromatic nitrogens is 2. The van der Waals surface area contributed by atoms with Crippen molar-refractivity contribution in [3.05, 3.63) is 160 Å². The SMILES string of the molecule is CCc1cc(C(=O)CCC(=O)c2ccc(OCCO)c(OC)c2)nc(-c2coc3c(F)cccc23)c1.CCc1cc(Cl)nc(C(O)CCC(=O)c2ccc(OCCOCc3ccc(OC)cc3)c(OC)c2)c1. The standard InChI is InChI=1S/C28H32ClNO6.C28H26FNO6/c1-4-19-15-23(30-28(29)16-19)25(32)11-10-24(31)21-7-12-26(27(17-21)34-3)36-14-13-35-18-20-5-8-22(33-2)9-6-20;1-3-17-13-22(20-16-36-28-19(20)5-4-6-21(28)29)30-23(14-17)25(33)9-8-24(32)18-7-10-26(35-12-11-31)27(15-18)34-2/h5-9,12,15-17,25,32H,4,10-11,13-14,18H2,1-3H3;4-7,10,13-16,31H,3,8-9,11-12H2,1-2H3. The quantitative estimate of drug-likeness (QED) is 0.0313. The molecule has 3 heterocycles. The summed E-state index contributed by atoms with van der Waals surface area (Å²) in [5.74, 6) is 1.50. The first kappa shape index (κ1) is 54.2. The molecule has 0 aliphatic rings. The van der Waals surface area contributed by atoms with Crippen LogP contribution >= 0.6 is 11.6 Å². The number of aliphatic hydroxyl groups excluding tert-OH is 2. The Hall–Kier alpha value is -7.17. The van der Waals surface area contributed by atoms with E-state index in [0.29, 0.717) is 87.9 Å². The number of fused-ring (bicyclic) bond motifs is 1. The predicted octanol–water partition coefficient (Wildman–Crippen LogP) is 11.0. The highest BCUT2D eigenvalue weighted by molar-refractivity contribution is 6.29. The van der Waals surface area contributed by atoms with Gasteiger partial charge in [-0.05, 0) is 115 Å². The van der Waals surface area contributed by atoms with Crippen LogP contribution in [-0.4, -0.2) is 85.3 Å². The fourth-order valence-electron chi connectivity index (χ4n) is 7.50. The van der Waals surface area contributed by atoms with Crippen LogP contribution in [-0.2, 0) is 24.2 Å². The van der Waals surface area contributed by atoms with Crippen molar-refractivity contribution in [1.29, 1.82) is 0 Å². The first-order valence-electron chi connectivity index (χ1n) is 23.4. The summed E-state index contributed by atoms with van der Waals surface area (Å²) in [7, 11) is 4.61. The van der Waals surface area contributed by atoms with Gasteiger partial charge < -0.3 is 43.1 Å². The molecule has 4 aromatic carbocycles. The summed E-state index contributed by atoms with van der Waals surface area (Å²) in [5.41, 5.74) is 5.75. The second-order valence-electron chi connectivity index (χ2n) is 16.3. The van der Waals surface area contributed by atoms with Crippen molar-refractivity contribution in [3.8, 4) is 40.0 Å². The summed E-state index contributed by atoms with van der Waals surface area (Å²) in [6.07, 6.45) is 2.37. The Kier molecular flexibility index (Phi) is 20.2. The van der Waals surface area contributed by atoms with E-state index in [1.165, 1.54) is 26.5 Å². The number of methoxy groups -OCH3 is 3. The lowest BCUT2D eigenvalue weighted by Gasteiger charge is -2.13. The van der Waals surface area contributed by atoms with Gasteiger partial charge in [0.05, 0.1) is 58.6 Å². The summed E-state index contributed by atoms with van der Waals surface area (Å²) >= 11 is 6.04. The van der Waals surface area contributed by atoms with E-state index in [4.69, 9.17) is 49.5 Å². The van der Waals surface area contributed by atoms with Gasteiger partial charge in [-0.3, -0.25) is 14.4 Å². The molecule has 3 aromatic heterocycles. The van der Waals surface area contributed by atoms with Gasteiger partial charge >= 0.3 is 0 Å². The van der Waals surface area contributed by atoms with Crippen molar-refractivity contribution in [2.45, 2.75) is 65.1 Å². The summed E-state index contributed by atoms with van der Waals surface area (Å²) in [5, 5.41) is 20.4. The van der Waals surface area contributed by atoms with Gasteiger partial charge in [0.25, 0.3) is 0 Å². The maximum absolute atomic E-state index is 14.1. The fourth-order valence-corrected chi connectivity index (χ4v) is 7.74. The van der Waals surface area contributed by atoms with Gasteiger partial charge in [0.1, 0.15) is 36.1 Å². The maximum atomic E-state index is 14.1. The van der Waals surface area contributed by atoms with Gasteiger partial charge in [-0.1, -0.05) is 49.7 Å². The van der Waals surface area contributed by atoms with Gasteiger partial charge in [-0.2, -0.15) is 0 Å². The maximum Gasteiger partial charge on any atom is 0.181 e. The summed E-state index contributed by atoms with van der Waals surface area (Å²) in [4.78, 5) is 47.2. The molecule has 0 bridgehead atoms. The lowest BCUT2D eigenvalue weighted by molar-refractivity contribution is 0.0878. The highest BCUT2D eigenvalue weighted by atomic mass is 35.5. The minimum absolute atomic E-state index is 0.00789. The summed E-state index contributed by atoms with van der Waals surface area (Å²) in [6, 6.07) is 29.3. The molecule has 378 valence electrons. The Bertz CT molecular complexity index is 2940. The van der Waals surface area contributed by atoms with Crippen LogP contribution in [0.25, 0.3) is 22.2 Å². The number of nitrogens with zero attached hydrogens (tertiary/aromatic N) is 2.